The molecule has 0 atom stereocenters. The number of hydrogen-bond donors (Lipinski definition) is 1. The van der Waals surface area contributed by atoms with Gasteiger partial charge in [0.15, 0.2) is 5.11 Å². The molecule has 0 fully saturated rings. The first-order valence-electron chi connectivity index (χ1n) is 6.90. The third-order valence-corrected chi connectivity index (χ3v) is 4.00. The molecule has 118 valence electrons. The van der Waals surface area contributed by atoms with Gasteiger partial charge in [0.2, 0.25) is 0 Å². The second-order valence-corrected chi connectivity index (χ2v) is 6.50. The van der Waals surface area contributed by atoms with Crippen LogP contribution in [0.1, 0.15) is 12.0 Å². The zero-order valence-electron chi connectivity index (χ0n) is 13.1. The highest BCUT2D eigenvalue weighted by atomic mass is 79.9. The number of thiocarbonyl (C=S) groups is 1. The standard InChI is InChI=1S/C15H24BrN3OS/c1-18(2)9-5-8-17-15(21)19(3)11-12-10-13(16)6-7-14(12)20-4/h6-7,10H,5,8-9,11H2,1-4H3,(H,17,21). The SMILES string of the molecule is COc1ccc(Br)cc1CN(C)C(=S)NCCCN(C)C. The quantitative estimate of drug-likeness (QED) is 0.585. The minimum Gasteiger partial charge on any atom is -0.496 e. The molecule has 1 aromatic carbocycles. The number of ether oxygens (including phenoxy) is 1. The van der Waals surface area contributed by atoms with Gasteiger partial charge in [0.25, 0.3) is 0 Å². The molecule has 4 nitrogen and oxygen atoms in total. The Morgan fingerprint density at radius 1 is 1.33 bits per heavy atom. The molecule has 1 aromatic rings. The molecule has 0 radical (unpaired) electrons. The second-order valence-electron chi connectivity index (χ2n) is 5.20. The van der Waals surface area contributed by atoms with Crippen molar-refractivity contribution in [1.29, 1.82) is 0 Å². The molecule has 0 aliphatic carbocycles. The van der Waals surface area contributed by atoms with Crippen molar-refractivity contribution in [2.24, 2.45) is 0 Å². The fourth-order valence-corrected chi connectivity index (χ4v) is 2.50. The Kier molecular flexibility index (Phi) is 8.00. The zero-order valence-corrected chi connectivity index (χ0v) is 15.6. The molecule has 0 aliphatic rings. The summed E-state index contributed by atoms with van der Waals surface area (Å²) in [5.74, 6) is 0.875. The molecule has 1 N–H and O–H groups in total. The van der Waals surface area contributed by atoms with Crippen LogP contribution in [0.3, 0.4) is 0 Å². The summed E-state index contributed by atoms with van der Waals surface area (Å²) in [4.78, 5) is 4.19. The first-order chi connectivity index (χ1) is 9.93. The fourth-order valence-electron chi connectivity index (χ4n) is 1.92. The van der Waals surface area contributed by atoms with E-state index in [2.05, 4.69) is 46.3 Å². The van der Waals surface area contributed by atoms with E-state index in [0.717, 1.165) is 40.4 Å². The third kappa shape index (κ3) is 6.63. The van der Waals surface area contributed by atoms with Crippen molar-refractivity contribution in [1.82, 2.24) is 15.1 Å². The van der Waals surface area contributed by atoms with E-state index < -0.39 is 0 Å². The first kappa shape index (κ1) is 18.2. The summed E-state index contributed by atoms with van der Waals surface area (Å²) < 4.78 is 6.43. The Morgan fingerprint density at radius 2 is 2.05 bits per heavy atom. The van der Waals surface area contributed by atoms with Crippen LogP contribution in [-0.4, -0.2) is 56.3 Å². The van der Waals surface area contributed by atoms with Gasteiger partial charge in [-0.15, -0.1) is 0 Å². The lowest BCUT2D eigenvalue weighted by Crippen LogP contribution is -2.37. The van der Waals surface area contributed by atoms with E-state index in [1.165, 1.54) is 0 Å². The molecule has 0 heterocycles. The van der Waals surface area contributed by atoms with Gasteiger partial charge in [-0.05, 0) is 57.5 Å². The molecule has 0 spiro atoms. The van der Waals surface area contributed by atoms with E-state index in [1.807, 2.05) is 24.1 Å². The lowest BCUT2D eigenvalue weighted by atomic mass is 10.2. The summed E-state index contributed by atoms with van der Waals surface area (Å²) in [5, 5.41) is 4.05. The van der Waals surface area contributed by atoms with Crippen LogP contribution in [0.25, 0.3) is 0 Å². The van der Waals surface area contributed by atoms with Crippen LogP contribution in [0.4, 0.5) is 0 Å². The maximum absolute atomic E-state index is 5.42. The number of methoxy groups -OCH3 is 1. The lowest BCUT2D eigenvalue weighted by molar-refractivity contribution is 0.392. The molecule has 0 aliphatic heterocycles. The second kappa shape index (κ2) is 9.23. The molecule has 21 heavy (non-hydrogen) atoms. The van der Waals surface area contributed by atoms with Crippen LogP contribution in [0.5, 0.6) is 5.75 Å². The van der Waals surface area contributed by atoms with Crippen LogP contribution in [0, 0.1) is 0 Å². The van der Waals surface area contributed by atoms with Crippen molar-refractivity contribution in [2.75, 3.05) is 41.3 Å². The Bertz CT molecular complexity index is 468. The number of hydrogen-bond acceptors (Lipinski definition) is 3. The molecule has 6 heteroatoms. The minimum absolute atomic E-state index is 0.710. The Hall–Kier alpha value is -0.850. The van der Waals surface area contributed by atoms with Gasteiger partial charge in [-0.2, -0.15) is 0 Å². The summed E-state index contributed by atoms with van der Waals surface area (Å²) in [6.07, 6.45) is 1.07. The van der Waals surface area contributed by atoms with Crippen molar-refractivity contribution in [3.63, 3.8) is 0 Å². The van der Waals surface area contributed by atoms with E-state index in [-0.39, 0.29) is 0 Å². The summed E-state index contributed by atoms with van der Waals surface area (Å²) >= 11 is 8.91. The number of rotatable bonds is 7. The fraction of sp³-hybridized carbons (Fsp3) is 0.533. The van der Waals surface area contributed by atoms with E-state index in [9.17, 15) is 0 Å². The molecule has 0 saturated carbocycles. The first-order valence-corrected chi connectivity index (χ1v) is 8.10. The molecule has 1 rings (SSSR count). The van der Waals surface area contributed by atoms with E-state index in [1.54, 1.807) is 7.11 Å². The van der Waals surface area contributed by atoms with Gasteiger partial charge in [0.1, 0.15) is 5.75 Å². The molecule has 0 bridgehead atoms. The Labute approximate surface area is 141 Å². The highest BCUT2D eigenvalue weighted by Crippen LogP contribution is 2.24. The summed E-state index contributed by atoms with van der Waals surface area (Å²) in [7, 11) is 7.82. The highest BCUT2D eigenvalue weighted by molar-refractivity contribution is 9.10. The van der Waals surface area contributed by atoms with Crippen molar-refractivity contribution < 1.29 is 4.74 Å². The number of halogens is 1. The number of nitrogens with one attached hydrogen (secondary N) is 1. The summed E-state index contributed by atoms with van der Waals surface area (Å²) in [5.41, 5.74) is 1.10. The molecule has 0 aromatic heterocycles. The van der Waals surface area contributed by atoms with Crippen molar-refractivity contribution in [2.45, 2.75) is 13.0 Å². The van der Waals surface area contributed by atoms with Gasteiger partial charge in [-0.3, -0.25) is 0 Å². The predicted molar refractivity (Wildman–Crippen MR) is 95.9 cm³/mol. The van der Waals surface area contributed by atoms with E-state index in [0.29, 0.717) is 6.54 Å². The minimum atomic E-state index is 0.710. The zero-order chi connectivity index (χ0) is 15.8. The lowest BCUT2D eigenvalue weighted by Gasteiger charge is -2.22. The van der Waals surface area contributed by atoms with Gasteiger partial charge in [0.05, 0.1) is 7.11 Å². The van der Waals surface area contributed by atoms with Gasteiger partial charge in [-0.1, -0.05) is 15.9 Å². The molecule has 0 unspecified atom stereocenters. The van der Waals surface area contributed by atoms with Crippen LogP contribution >= 0.6 is 28.1 Å². The average molecular weight is 374 g/mol. The summed E-state index contributed by atoms with van der Waals surface area (Å²) in [6.45, 7) is 2.65. The molecule has 0 saturated heterocycles. The Morgan fingerprint density at radius 3 is 2.67 bits per heavy atom. The summed E-state index contributed by atoms with van der Waals surface area (Å²) in [6, 6.07) is 5.99. The average Bonchev–Trinajstić information content (AvgIpc) is 2.43. The van der Waals surface area contributed by atoms with Crippen LogP contribution < -0.4 is 10.1 Å². The number of benzene rings is 1. The van der Waals surface area contributed by atoms with Gasteiger partial charge in [-0.25, -0.2) is 0 Å². The molecular formula is C15H24BrN3OS. The van der Waals surface area contributed by atoms with E-state index in [4.69, 9.17) is 17.0 Å². The van der Waals surface area contributed by atoms with Crippen molar-refractivity contribution >= 4 is 33.3 Å². The smallest absolute Gasteiger partial charge is 0.168 e. The molecular weight excluding hydrogens is 350 g/mol. The van der Waals surface area contributed by atoms with Gasteiger partial charge in [0, 0.05) is 30.2 Å². The Balaban J connectivity index is 2.50. The normalized spacial score (nSPS) is 10.6. The van der Waals surface area contributed by atoms with Crippen molar-refractivity contribution in [3.05, 3.63) is 28.2 Å². The van der Waals surface area contributed by atoms with Gasteiger partial charge < -0.3 is 19.9 Å². The van der Waals surface area contributed by atoms with Crippen molar-refractivity contribution in [3.8, 4) is 5.75 Å². The third-order valence-electron chi connectivity index (χ3n) is 3.05. The largest absolute Gasteiger partial charge is 0.496 e. The topological polar surface area (TPSA) is 27.7 Å². The monoisotopic (exact) mass is 373 g/mol. The van der Waals surface area contributed by atoms with Crippen LogP contribution in [0.15, 0.2) is 22.7 Å². The molecule has 0 amide bonds. The number of nitrogens with zero attached hydrogens (tertiary/aromatic N) is 2. The maximum Gasteiger partial charge on any atom is 0.168 e. The van der Waals surface area contributed by atoms with Crippen LogP contribution in [-0.2, 0) is 6.54 Å². The van der Waals surface area contributed by atoms with Gasteiger partial charge >= 0.3 is 0 Å². The highest BCUT2D eigenvalue weighted by Gasteiger charge is 2.09. The maximum atomic E-state index is 5.42. The van der Waals surface area contributed by atoms with Crippen LogP contribution in [0.2, 0.25) is 0 Å². The van der Waals surface area contributed by atoms with E-state index >= 15 is 0 Å². The predicted octanol–water partition coefficient (Wildman–Crippen LogP) is 2.72.